The maximum absolute atomic E-state index is 13.0. The van der Waals surface area contributed by atoms with Gasteiger partial charge in [0, 0.05) is 54.9 Å². The lowest BCUT2D eigenvalue weighted by molar-refractivity contribution is -0.147. The van der Waals surface area contributed by atoms with Crippen LogP contribution < -0.4 is 0 Å². The third-order valence-electron chi connectivity index (χ3n) is 6.93. The van der Waals surface area contributed by atoms with Crippen molar-refractivity contribution < 1.29 is 9.59 Å². The first-order valence-electron chi connectivity index (χ1n) is 11.1. The Labute approximate surface area is 182 Å². The highest BCUT2D eigenvalue weighted by Crippen LogP contribution is 2.42. The molecule has 2 aliphatic rings. The van der Waals surface area contributed by atoms with E-state index in [1.165, 1.54) is 0 Å². The lowest BCUT2D eigenvalue weighted by Crippen LogP contribution is -2.55. The van der Waals surface area contributed by atoms with Crippen molar-refractivity contribution in [1.29, 1.82) is 0 Å². The molecule has 5 heteroatoms. The summed E-state index contributed by atoms with van der Waals surface area (Å²) in [5, 5.41) is 2.26. The molecule has 0 atom stereocenters. The summed E-state index contributed by atoms with van der Waals surface area (Å²) in [5.74, 6) is 0.305. The Morgan fingerprint density at radius 1 is 0.839 bits per heavy atom. The molecule has 1 aliphatic carbocycles. The van der Waals surface area contributed by atoms with Crippen molar-refractivity contribution in [3.8, 4) is 11.1 Å². The van der Waals surface area contributed by atoms with Crippen LogP contribution in [0, 0.1) is 5.41 Å². The Bertz CT molecular complexity index is 1130. The molecule has 3 aromatic rings. The van der Waals surface area contributed by atoms with Crippen molar-refractivity contribution in [3.63, 3.8) is 0 Å². The van der Waals surface area contributed by atoms with Crippen LogP contribution in [0.5, 0.6) is 0 Å². The van der Waals surface area contributed by atoms with Crippen LogP contribution in [0.25, 0.3) is 21.9 Å². The summed E-state index contributed by atoms with van der Waals surface area (Å²) in [6, 6.07) is 16.1. The number of carbonyl (C=O) groups is 2. The van der Waals surface area contributed by atoms with Gasteiger partial charge in [0.2, 0.25) is 5.91 Å². The van der Waals surface area contributed by atoms with Crippen LogP contribution in [0.4, 0.5) is 0 Å². The minimum atomic E-state index is -0.165. The molecule has 0 bridgehead atoms. The van der Waals surface area contributed by atoms with Gasteiger partial charge >= 0.3 is 0 Å². The van der Waals surface area contributed by atoms with Gasteiger partial charge in [0.05, 0.1) is 0 Å². The molecule has 5 nitrogen and oxygen atoms in total. The molecular weight excluding hydrogens is 386 g/mol. The third kappa shape index (κ3) is 3.69. The van der Waals surface area contributed by atoms with Crippen LogP contribution in [0.15, 0.2) is 60.9 Å². The van der Waals surface area contributed by atoms with Gasteiger partial charge < -0.3 is 9.80 Å². The number of fused-ring (bicyclic) bond motifs is 1. The maximum Gasteiger partial charge on any atom is 0.253 e. The molecule has 5 rings (SSSR count). The summed E-state index contributed by atoms with van der Waals surface area (Å²) in [5.41, 5.74) is 2.73. The molecule has 2 heterocycles. The number of carbonyl (C=O) groups excluding carboxylic acids is 2. The molecule has 31 heavy (non-hydrogen) atoms. The van der Waals surface area contributed by atoms with Gasteiger partial charge in [0.25, 0.3) is 5.91 Å². The summed E-state index contributed by atoms with van der Waals surface area (Å²) in [7, 11) is 0. The standard InChI is InChI=1S/C26H27N3O2/c1-26(10-2-11-26)25(31)29-15-13-28(14-16-29)24(30)20-5-3-19(4-6-20)21-7-8-23-18-27-12-9-22(23)17-21/h3-9,12,17-18H,2,10-11,13-16H2,1H3. The van der Waals surface area contributed by atoms with Crippen molar-refractivity contribution >= 4 is 22.6 Å². The smallest absolute Gasteiger partial charge is 0.253 e. The zero-order valence-electron chi connectivity index (χ0n) is 17.9. The Balaban J connectivity index is 1.24. The second-order valence-corrected chi connectivity index (χ2v) is 9.01. The number of hydrogen-bond donors (Lipinski definition) is 0. The van der Waals surface area contributed by atoms with Gasteiger partial charge in [-0.3, -0.25) is 14.6 Å². The molecule has 0 N–H and O–H groups in total. The topological polar surface area (TPSA) is 53.5 Å². The molecule has 0 spiro atoms. The lowest BCUT2D eigenvalue weighted by Gasteiger charge is -2.43. The van der Waals surface area contributed by atoms with Gasteiger partial charge in [-0.15, -0.1) is 0 Å². The molecule has 1 aliphatic heterocycles. The highest BCUT2D eigenvalue weighted by atomic mass is 16.2. The normalized spacial score (nSPS) is 18.0. The van der Waals surface area contributed by atoms with Gasteiger partial charge in [-0.2, -0.15) is 0 Å². The van der Waals surface area contributed by atoms with Crippen molar-refractivity contribution in [2.75, 3.05) is 26.2 Å². The zero-order chi connectivity index (χ0) is 21.4. The summed E-state index contributed by atoms with van der Waals surface area (Å²) in [6.45, 7) is 4.53. The van der Waals surface area contributed by atoms with E-state index in [4.69, 9.17) is 0 Å². The van der Waals surface area contributed by atoms with Crippen LogP contribution in [-0.2, 0) is 4.79 Å². The number of nitrogens with zero attached hydrogens (tertiary/aromatic N) is 3. The van der Waals surface area contributed by atoms with Crippen molar-refractivity contribution in [1.82, 2.24) is 14.8 Å². The molecule has 2 amide bonds. The fraction of sp³-hybridized carbons (Fsp3) is 0.346. The quantitative estimate of drug-likeness (QED) is 0.640. The molecule has 1 saturated heterocycles. The zero-order valence-corrected chi connectivity index (χ0v) is 17.9. The molecular formula is C26H27N3O2. The van der Waals surface area contributed by atoms with Gasteiger partial charge in [-0.05, 0) is 53.6 Å². The average Bonchev–Trinajstić information content (AvgIpc) is 2.81. The van der Waals surface area contributed by atoms with E-state index < -0.39 is 0 Å². The highest BCUT2D eigenvalue weighted by Gasteiger charge is 2.42. The van der Waals surface area contributed by atoms with E-state index in [2.05, 4.69) is 30.1 Å². The second kappa shape index (κ2) is 7.80. The number of benzene rings is 2. The van der Waals surface area contributed by atoms with Gasteiger partial charge in [-0.25, -0.2) is 0 Å². The van der Waals surface area contributed by atoms with Crippen LogP contribution in [0.2, 0.25) is 0 Å². The fourth-order valence-electron chi connectivity index (χ4n) is 4.67. The third-order valence-corrected chi connectivity index (χ3v) is 6.93. The molecule has 1 saturated carbocycles. The molecule has 1 aromatic heterocycles. The molecule has 2 fully saturated rings. The van der Waals surface area contributed by atoms with Gasteiger partial charge in [0.1, 0.15) is 0 Å². The fourth-order valence-corrected chi connectivity index (χ4v) is 4.67. The number of rotatable bonds is 3. The summed E-state index contributed by atoms with van der Waals surface area (Å²) < 4.78 is 0. The first-order valence-corrected chi connectivity index (χ1v) is 11.1. The second-order valence-electron chi connectivity index (χ2n) is 9.01. The highest BCUT2D eigenvalue weighted by molar-refractivity contribution is 5.95. The molecule has 0 unspecified atom stereocenters. The Kier molecular flexibility index (Phi) is 4.97. The summed E-state index contributed by atoms with van der Waals surface area (Å²) in [6.07, 6.45) is 6.79. The Morgan fingerprint density at radius 3 is 2.19 bits per heavy atom. The molecule has 0 radical (unpaired) electrons. The van der Waals surface area contributed by atoms with Gasteiger partial charge in [0.15, 0.2) is 0 Å². The van der Waals surface area contributed by atoms with E-state index >= 15 is 0 Å². The van der Waals surface area contributed by atoms with Crippen molar-refractivity contribution in [2.24, 2.45) is 5.41 Å². The summed E-state index contributed by atoms with van der Waals surface area (Å²) in [4.78, 5) is 33.7. The van der Waals surface area contributed by atoms with E-state index in [9.17, 15) is 9.59 Å². The van der Waals surface area contributed by atoms with Crippen LogP contribution in [0.1, 0.15) is 36.5 Å². The minimum Gasteiger partial charge on any atom is -0.339 e. The lowest BCUT2D eigenvalue weighted by atomic mass is 9.69. The number of aromatic nitrogens is 1. The maximum atomic E-state index is 13.0. The van der Waals surface area contributed by atoms with E-state index in [-0.39, 0.29) is 17.2 Å². The monoisotopic (exact) mass is 413 g/mol. The number of amides is 2. The number of hydrogen-bond acceptors (Lipinski definition) is 3. The Hall–Kier alpha value is -3.21. The van der Waals surface area contributed by atoms with Crippen molar-refractivity contribution in [3.05, 3.63) is 66.5 Å². The molecule has 158 valence electrons. The SMILES string of the molecule is CC1(C(=O)N2CCN(C(=O)c3ccc(-c4ccc5cnccc5c4)cc3)CC2)CCC1. The summed E-state index contributed by atoms with van der Waals surface area (Å²) >= 11 is 0. The first kappa shape index (κ1) is 19.7. The van der Waals surface area contributed by atoms with Crippen LogP contribution in [0.3, 0.4) is 0 Å². The first-order chi connectivity index (χ1) is 15.0. The van der Waals surface area contributed by atoms with Crippen molar-refractivity contribution in [2.45, 2.75) is 26.2 Å². The van der Waals surface area contributed by atoms with E-state index in [1.807, 2.05) is 46.3 Å². The predicted molar refractivity (Wildman–Crippen MR) is 122 cm³/mol. The average molecular weight is 414 g/mol. The Morgan fingerprint density at radius 2 is 1.52 bits per heavy atom. The van der Waals surface area contributed by atoms with Crippen LogP contribution in [-0.4, -0.2) is 52.8 Å². The minimum absolute atomic E-state index is 0.0399. The van der Waals surface area contributed by atoms with Crippen LogP contribution >= 0.6 is 0 Å². The van der Waals surface area contributed by atoms with Gasteiger partial charge in [-0.1, -0.05) is 37.6 Å². The largest absolute Gasteiger partial charge is 0.339 e. The molecule has 2 aromatic carbocycles. The van der Waals surface area contributed by atoms with E-state index in [1.54, 1.807) is 6.20 Å². The predicted octanol–water partition coefficient (Wildman–Crippen LogP) is 4.38. The number of pyridine rings is 1. The van der Waals surface area contributed by atoms with E-state index in [0.29, 0.717) is 31.7 Å². The van der Waals surface area contributed by atoms with E-state index in [0.717, 1.165) is 41.2 Å². The number of piperazine rings is 1.